The first-order valence-electron chi connectivity index (χ1n) is 6.47. The number of hydrogen-bond donors (Lipinski definition) is 2. The van der Waals surface area contributed by atoms with E-state index >= 15 is 0 Å². The van der Waals surface area contributed by atoms with Crippen molar-refractivity contribution in [1.82, 2.24) is 15.3 Å². The second-order valence-electron chi connectivity index (χ2n) is 4.24. The predicted octanol–water partition coefficient (Wildman–Crippen LogP) is -0.499. The molecule has 0 aromatic rings. The molecule has 0 aromatic heterocycles. The van der Waals surface area contributed by atoms with Gasteiger partial charge in [-0.25, -0.2) is 19.8 Å². The molecule has 1 rings (SSSR count). The minimum Gasteiger partial charge on any atom is -0.463 e. The number of urea groups is 1. The third-order valence-corrected chi connectivity index (χ3v) is 2.87. The SMILES string of the molecule is CCOC(=O)C1=C(C)N(NC(N)=O)C(C(=O)OCC)N1C. The van der Waals surface area contributed by atoms with Gasteiger partial charge in [0.15, 0.2) is 0 Å². The Kier molecular flexibility index (Phi) is 5.39. The first-order valence-corrected chi connectivity index (χ1v) is 6.47. The van der Waals surface area contributed by atoms with E-state index in [1.165, 1.54) is 17.0 Å². The zero-order valence-corrected chi connectivity index (χ0v) is 12.5. The highest BCUT2D eigenvalue weighted by Gasteiger charge is 2.43. The lowest BCUT2D eigenvalue weighted by molar-refractivity contribution is -0.154. The van der Waals surface area contributed by atoms with Gasteiger partial charge in [0.25, 0.3) is 0 Å². The van der Waals surface area contributed by atoms with Crippen LogP contribution in [0, 0.1) is 0 Å². The van der Waals surface area contributed by atoms with Crippen LogP contribution in [0.4, 0.5) is 4.79 Å². The molecule has 1 unspecified atom stereocenters. The quantitative estimate of drug-likeness (QED) is 0.658. The molecule has 0 radical (unpaired) electrons. The van der Waals surface area contributed by atoms with E-state index < -0.39 is 24.1 Å². The fourth-order valence-corrected chi connectivity index (χ4v) is 2.08. The number of carbonyl (C=O) groups excluding carboxylic acids is 3. The summed E-state index contributed by atoms with van der Waals surface area (Å²) >= 11 is 0. The van der Waals surface area contributed by atoms with Gasteiger partial charge >= 0.3 is 18.0 Å². The number of primary amides is 1. The van der Waals surface area contributed by atoms with Crippen LogP contribution in [0.15, 0.2) is 11.4 Å². The highest BCUT2D eigenvalue weighted by Crippen LogP contribution is 2.27. The smallest absolute Gasteiger partial charge is 0.356 e. The lowest BCUT2D eigenvalue weighted by atomic mass is 10.3. The van der Waals surface area contributed by atoms with E-state index in [2.05, 4.69) is 5.43 Å². The lowest BCUT2D eigenvalue weighted by Crippen LogP contribution is -2.54. The number of hydrazine groups is 1. The normalized spacial score (nSPS) is 17.8. The van der Waals surface area contributed by atoms with Gasteiger partial charge in [0.2, 0.25) is 6.17 Å². The Morgan fingerprint density at radius 3 is 2.29 bits per heavy atom. The Morgan fingerprint density at radius 2 is 1.81 bits per heavy atom. The standard InChI is InChI=1S/C12H20N4O5/c1-5-20-10(17)8-7(3)16(14-12(13)19)9(15(8)4)11(18)21-6-2/h9H,5-6H2,1-4H3,(H3,13,14,19). The second kappa shape index (κ2) is 6.82. The molecule has 9 heteroatoms. The summed E-state index contributed by atoms with van der Waals surface area (Å²) < 4.78 is 9.90. The lowest BCUT2D eigenvalue weighted by Gasteiger charge is -2.29. The number of esters is 2. The van der Waals surface area contributed by atoms with Crippen molar-refractivity contribution in [3.05, 3.63) is 11.4 Å². The van der Waals surface area contributed by atoms with Gasteiger partial charge in [-0.3, -0.25) is 5.01 Å². The average Bonchev–Trinajstić information content (AvgIpc) is 2.61. The molecular formula is C12H20N4O5. The molecule has 9 nitrogen and oxygen atoms in total. The molecule has 0 bridgehead atoms. The highest BCUT2D eigenvalue weighted by molar-refractivity contribution is 5.91. The van der Waals surface area contributed by atoms with Crippen LogP contribution in [0.25, 0.3) is 0 Å². The Balaban J connectivity index is 3.14. The fraction of sp³-hybridized carbons (Fsp3) is 0.583. The number of hydrogen-bond acceptors (Lipinski definition) is 7. The van der Waals surface area contributed by atoms with E-state index in [0.29, 0.717) is 5.70 Å². The minimum absolute atomic E-state index is 0.156. The van der Waals surface area contributed by atoms with E-state index in [0.717, 1.165) is 0 Å². The van der Waals surface area contributed by atoms with Gasteiger partial charge < -0.3 is 20.1 Å². The average molecular weight is 300 g/mol. The van der Waals surface area contributed by atoms with E-state index in [4.69, 9.17) is 15.2 Å². The van der Waals surface area contributed by atoms with Crippen LogP contribution in [-0.2, 0) is 19.1 Å². The summed E-state index contributed by atoms with van der Waals surface area (Å²) in [4.78, 5) is 36.5. The maximum atomic E-state index is 12.0. The van der Waals surface area contributed by atoms with Gasteiger partial charge in [-0.2, -0.15) is 0 Å². The van der Waals surface area contributed by atoms with E-state index in [1.54, 1.807) is 20.8 Å². The maximum Gasteiger partial charge on any atom is 0.356 e. The third-order valence-electron chi connectivity index (χ3n) is 2.87. The molecule has 0 spiro atoms. The zero-order valence-electron chi connectivity index (χ0n) is 12.5. The van der Waals surface area contributed by atoms with E-state index in [-0.39, 0.29) is 18.9 Å². The van der Waals surface area contributed by atoms with Gasteiger partial charge in [0.1, 0.15) is 5.70 Å². The summed E-state index contributed by atoms with van der Waals surface area (Å²) in [5, 5.41) is 1.19. The van der Waals surface area contributed by atoms with Crippen LogP contribution >= 0.6 is 0 Å². The summed E-state index contributed by atoms with van der Waals surface area (Å²) in [6, 6.07) is -0.859. The molecule has 1 atom stereocenters. The van der Waals surface area contributed by atoms with Gasteiger partial charge in [0.05, 0.1) is 18.9 Å². The molecule has 0 aliphatic carbocycles. The molecule has 1 aliphatic heterocycles. The van der Waals surface area contributed by atoms with Crippen LogP contribution in [0.5, 0.6) is 0 Å². The van der Waals surface area contributed by atoms with E-state index in [1.807, 2.05) is 0 Å². The van der Waals surface area contributed by atoms with Crippen LogP contribution in [0.3, 0.4) is 0 Å². The Bertz CT molecular complexity index is 476. The molecule has 21 heavy (non-hydrogen) atoms. The third kappa shape index (κ3) is 3.36. The molecule has 2 amide bonds. The Labute approximate surface area is 122 Å². The molecule has 0 saturated heterocycles. The van der Waals surface area contributed by atoms with Crippen molar-refractivity contribution >= 4 is 18.0 Å². The predicted molar refractivity (Wildman–Crippen MR) is 72.1 cm³/mol. The second-order valence-corrected chi connectivity index (χ2v) is 4.24. The molecule has 0 fully saturated rings. The number of nitrogens with one attached hydrogen (secondary N) is 1. The van der Waals surface area contributed by atoms with Crippen LogP contribution < -0.4 is 11.2 Å². The van der Waals surface area contributed by atoms with Gasteiger partial charge in [-0.15, -0.1) is 0 Å². The van der Waals surface area contributed by atoms with Crippen LogP contribution in [0.2, 0.25) is 0 Å². The number of ether oxygens (including phenoxy) is 2. The summed E-state index contributed by atoms with van der Waals surface area (Å²) in [6.45, 7) is 5.26. The van der Waals surface area contributed by atoms with Crippen molar-refractivity contribution in [1.29, 1.82) is 0 Å². The molecule has 118 valence electrons. The molecular weight excluding hydrogens is 280 g/mol. The van der Waals surface area contributed by atoms with Gasteiger partial charge in [-0.05, 0) is 20.8 Å². The number of carbonyl (C=O) groups is 3. The molecule has 0 saturated carbocycles. The van der Waals surface area contributed by atoms with Crippen molar-refractivity contribution in [2.24, 2.45) is 5.73 Å². The van der Waals surface area contributed by atoms with Crippen LogP contribution in [-0.4, -0.2) is 54.3 Å². The largest absolute Gasteiger partial charge is 0.463 e. The first kappa shape index (κ1) is 16.6. The Morgan fingerprint density at radius 1 is 1.24 bits per heavy atom. The molecule has 0 aromatic carbocycles. The molecule has 1 heterocycles. The van der Waals surface area contributed by atoms with Crippen molar-refractivity contribution in [3.8, 4) is 0 Å². The number of rotatable bonds is 5. The summed E-state index contributed by atoms with van der Waals surface area (Å²) in [5.41, 5.74) is 7.89. The highest BCUT2D eigenvalue weighted by atomic mass is 16.5. The van der Waals surface area contributed by atoms with E-state index in [9.17, 15) is 14.4 Å². The minimum atomic E-state index is -1.02. The molecule has 3 N–H and O–H groups in total. The summed E-state index contributed by atoms with van der Waals surface area (Å²) in [6.07, 6.45) is -1.02. The van der Waals surface area contributed by atoms with Gasteiger partial charge in [-0.1, -0.05) is 0 Å². The van der Waals surface area contributed by atoms with Crippen molar-refractivity contribution in [2.45, 2.75) is 26.9 Å². The van der Waals surface area contributed by atoms with Gasteiger partial charge in [0, 0.05) is 7.05 Å². The van der Waals surface area contributed by atoms with Crippen molar-refractivity contribution in [3.63, 3.8) is 0 Å². The topological polar surface area (TPSA) is 114 Å². The zero-order chi connectivity index (χ0) is 16.2. The number of nitrogens with zero attached hydrogens (tertiary/aromatic N) is 2. The number of amides is 2. The number of allylic oxidation sites excluding steroid dienone is 1. The van der Waals surface area contributed by atoms with Crippen LogP contribution in [0.1, 0.15) is 20.8 Å². The monoisotopic (exact) mass is 300 g/mol. The molecule has 1 aliphatic rings. The fourth-order valence-electron chi connectivity index (χ4n) is 2.08. The first-order chi connectivity index (χ1) is 9.84. The Hall–Kier alpha value is -2.45. The summed E-state index contributed by atoms with van der Waals surface area (Å²) in [7, 11) is 1.53. The maximum absolute atomic E-state index is 12.0. The number of nitrogens with two attached hydrogens (primary N) is 1. The van der Waals surface area contributed by atoms with Crippen molar-refractivity contribution < 1.29 is 23.9 Å². The number of likely N-dealkylation sites (N-methyl/N-ethyl adjacent to an activating group) is 1. The summed E-state index contributed by atoms with van der Waals surface area (Å²) in [5.74, 6) is -1.21. The van der Waals surface area contributed by atoms with Crippen molar-refractivity contribution in [2.75, 3.05) is 20.3 Å².